The van der Waals surface area contributed by atoms with Crippen molar-refractivity contribution in [1.82, 2.24) is 10.6 Å². The molecule has 1 fully saturated rings. The Labute approximate surface area is 89.3 Å². The second kappa shape index (κ2) is 5.43. The molecule has 2 N–H and O–H groups in total. The van der Waals surface area contributed by atoms with Crippen LogP contribution in [0, 0.1) is 0 Å². The summed E-state index contributed by atoms with van der Waals surface area (Å²) in [6.07, 6.45) is 0.635. The van der Waals surface area contributed by atoms with Crippen LogP contribution in [0.1, 0.15) is 0 Å². The highest BCUT2D eigenvalue weighted by Gasteiger charge is 2.21. The Hall–Kier alpha value is -0.660. The minimum atomic E-state index is -3.02. The summed E-state index contributed by atoms with van der Waals surface area (Å²) in [7, 11) is -3.02. The van der Waals surface area contributed by atoms with E-state index in [4.69, 9.17) is 4.74 Å². The molecule has 1 atom stereocenters. The lowest BCUT2D eigenvalue weighted by molar-refractivity contribution is -0.134. The summed E-state index contributed by atoms with van der Waals surface area (Å²) in [4.78, 5) is 11.4. The van der Waals surface area contributed by atoms with E-state index >= 15 is 0 Å². The van der Waals surface area contributed by atoms with Gasteiger partial charge in [0.15, 0.2) is 0 Å². The molecule has 15 heavy (non-hydrogen) atoms. The molecule has 1 saturated heterocycles. The molecular formula is C8H16N2O4S. The van der Waals surface area contributed by atoms with E-state index in [9.17, 15) is 13.2 Å². The van der Waals surface area contributed by atoms with Gasteiger partial charge in [-0.1, -0.05) is 0 Å². The van der Waals surface area contributed by atoms with Crippen molar-refractivity contribution in [2.75, 3.05) is 38.2 Å². The Bertz CT molecular complexity index is 309. The number of morpholine rings is 1. The van der Waals surface area contributed by atoms with E-state index in [0.717, 1.165) is 12.8 Å². The van der Waals surface area contributed by atoms with Gasteiger partial charge in [0.05, 0.1) is 12.4 Å². The number of hydrogen-bond donors (Lipinski definition) is 2. The molecule has 0 aliphatic carbocycles. The molecule has 1 unspecified atom stereocenters. The van der Waals surface area contributed by atoms with Gasteiger partial charge < -0.3 is 15.4 Å². The lowest BCUT2D eigenvalue weighted by atomic mass is 10.3. The molecule has 1 heterocycles. The molecule has 7 heteroatoms. The minimum absolute atomic E-state index is 0.0428. The van der Waals surface area contributed by atoms with Crippen molar-refractivity contribution in [2.45, 2.75) is 6.10 Å². The Balaban J connectivity index is 2.23. The van der Waals surface area contributed by atoms with E-state index in [0.29, 0.717) is 13.2 Å². The van der Waals surface area contributed by atoms with Crippen molar-refractivity contribution in [3.8, 4) is 0 Å². The number of nitrogens with one attached hydrogen (secondary N) is 2. The molecule has 1 rings (SSSR count). The van der Waals surface area contributed by atoms with Crippen LogP contribution in [-0.2, 0) is 19.4 Å². The summed E-state index contributed by atoms with van der Waals surface area (Å²) < 4.78 is 26.8. The average molecular weight is 236 g/mol. The lowest BCUT2D eigenvalue weighted by Gasteiger charge is -2.22. The van der Waals surface area contributed by atoms with Gasteiger partial charge in [-0.05, 0) is 0 Å². The maximum Gasteiger partial charge on any atom is 0.250 e. The fourth-order valence-electron chi connectivity index (χ4n) is 1.21. The van der Waals surface area contributed by atoms with Crippen molar-refractivity contribution in [2.24, 2.45) is 0 Å². The summed E-state index contributed by atoms with van der Waals surface area (Å²) in [5.41, 5.74) is 0. The zero-order valence-corrected chi connectivity index (χ0v) is 9.47. The predicted molar refractivity (Wildman–Crippen MR) is 55.3 cm³/mol. The maximum absolute atomic E-state index is 11.4. The third-order valence-electron chi connectivity index (χ3n) is 1.99. The molecule has 0 saturated carbocycles. The third-order valence-corrected chi connectivity index (χ3v) is 2.94. The topological polar surface area (TPSA) is 84.5 Å². The van der Waals surface area contributed by atoms with Crippen LogP contribution in [0.2, 0.25) is 0 Å². The van der Waals surface area contributed by atoms with Crippen LogP contribution in [0.25, 0.3) is 0 Å². The molecule has 1 aliphatic heterocycles. The molecule has 1 amide bonds. The van der Waals surface area contributed by atoms with Crippen LogP contribution < -0.4 is 10.6 Å². The second-order valence-corrected chi connectivity index (χ2v) is 5.74. The number of ether oxygens (including phenoxy) is 1. The monoisotopic (exact) mass is 236 g/mol. The largest absolute Gasteiger partial charge is 0.366 e. The van der Waals surface area contributed by atoms with Crippen molar-refractivity contribution < 1.29 is 17.9 Å². The summed E-state index contributed by atoms with van der Waals surface area (Å²) >= 11 is 0. The molecule has 1 aliphatic rings. The van der Waals surface area contributed by atoms with Gasteiger partial charge in [0, 0.05) is 25.9 Å². The molecule has 0 radical (unpaired) electrons. The number of carbonyl (C=O) groups excluding carboxylic acids is 1. The number of hydrogen-bond acceptors (Lipinski definition) is 5. The van der Waals surface area contributed by atoms with Crippen molar-refractivity contribution >= 4 is 15.7 Å². The molecule has 0 aromatic carbocycles. The molecule has 0 bridgehead atoms. The van der Waals surface area contributed by atoms with Crippen LogP contribution in [0.15, 0.2) is 0 Å². The molecule has 88 valence electrons. The number of carbonyl (C=O) groups is 1. The highest BCUT2D eigenvalue weighted by atomic mass is 32.2. The predicted octanol–water partition coefficient (Wildman–Crippen LogP) is -1.86. The van der Waals surface area contributed by atoms with Crippen LogP contribution in [0.3, 0.4) is 0 Å². The Kier molecular flexibility index (Phi) is 4.49. The normalized spacial score (nSPS) is 22.3. The first-order valence-electron chi connectivity index (χ1n) is 4.77. The van der Waals surface area contributed by atoms with E-state index in [2.05, 4.69) is 10.6 Å². The van der Waals surface area contributed by atoms with E-state index in [1.807, 2.05) is 0 Å². The molecule has 6 nitrogen and oxygen atoms in total. The van der Waals surface area contributed by atoms with Gasteiger partial charge in [0.1, 0.15) is 15.9 Å². The van der Waals surface area contributed by atoms with Gasteiger partial charge in [-0.2, -0.15) is 0 Å². The molecule has 0 spiro atoms. The molecular weight excluding hydrogens is 220 g/mol. The minimum Gasteiger partial charge on any atom is -0.366 e. The van der Waals surface area contributed by atoms with Crippen molar-refractivity contribution in [3.05, 3.63) is 0 Å². The zero-order valence-electron chi connectivity index (χ0n) is 8.65. The van der Waals surface area contributed by atoms with E-state index in [1.54, 1.807) is 0 Å². The van der Waals surface area contributed by atoms with E-state index < -0.39 is 15.9 Å². The lowest BCUT2D eigenvalue weighted by Crippen LogP contribution is -2.48. The van der Waals surface area contributed by atoms with Gasteiger partial charge in [-0.25, -0.2) is 8.42 Å². The first-order valence-corrected chi connectivity index (χ1v) is 6.83. The summed E-state index contributed by atoms with van der Waals surface area (Å²) in [5, 5.41) is 5.54. The summed E-state index contributed by atoms with van der Waals surface area (Å²) in [5.74, 6) is -0.301. The fraction of sp³-hybridized carbons (Fsp3) is 0.875. The van der Waals surface area contributed by atoms with Crippen LogP contribution in [0.4, 0.5) is 0 Å². The Morgan fingerprint density at radius 1 is 1.60 bits per heavy atom. The number of amides is 1. The fourth-order valence-corrected chi connectivity index (χ4v) is 1.68. The van der Waals surface area contributed by atoms with Crippen molar-refractivity contribution in [3.63, 3.8) is 0 Å². The van der Waals surface area contributed by atoms with Crippen LogP contribution in [-0.4, -0.2) is 58.7 Å². The van der Waals surface area contributed by atoms with E-state index in [-0.39, 0.29) is 18.2 Å². The highest BCUT2D eigenvalue weighted by molar-refractivity contribution is 7.90. The number of sulfone groups is 1. The van der Waals surface area contributed by atoms with E-state index in [1.165, 1.54) is 0 Å². The summed E-state index contributed by atoms with van der Waals surface area (Å²) in [6.45, 7) is 1.86. The van der Waals surface area contributed by atoms with Gasteiger partial charge in [-0.15, -0.1) is 0 Å². The smallest absolute Gasteiger partial charge is 0.250 e. The average Bonchev–Trinajstić information content (AvgIpc) is 2.17. The second-order valence-electron chi connectivity index (χ2n) is 3.48. The Morgan fingerprint density at radius 2 is 2.33 bits per heavy atom. The number of rotatable bonds is 4. The third kappa shape index (κ3) is 5.10. The molecule has 0 aromatic rings. The van der Waals surface area contributed by atoms with Gasteiger partial charge in [0.2, 0.25) is 5.91 Å². The molecule has 0 aromatic heterocycles. The van der Waals surface area contributed by atoms with Crippen molar-refractivity contribution in [1.29, 1.82) is 0 Å². The zero-order chi connectivity index (χ0) is 11.3. The first-order chi connectivity index (χ1) is 6.99. The maximum atomic E-state index is 11.4. The van der Waals surface area contributed by atoms with Gasteiger partial charge in [0.25, 0.3) is 0 Å². The SMILES string of the molecule is CS(=O)(=O)CCNC(=O)C1CNCCO1. The van der Waals surface area contributed by atoms with Crippen LogP contribution >= 0.6 is 0 Å². The summed E-state index contributed by atoms with van der Waals surface area (Å²) in [6, 6.07) is 0. The first kappa shape index (κ1) is 12.4. The highest BCUT2D eigenvalue weighted by Crippen LogP contribution is 1.95. The van der Waals surface area contributed by atoms with Crippen LogP contribution in [0.5, 0.6) is 0 Å². The standard InChI is InChI=1S/C8H16N2O4S/c1-15(12,13)5-3-10-8(11)7-6-9-2-4-14-7/h7,9H,2-6H2,1H3,(H,10,11). The quantitative estimate of drug-likeness (QED) is 0.598. The van der Waals surface area contributed by atoms with Gasteiger partial charge in [-0.3, -0.25) is 4.79 Å². The Morgan fingerprint density at radius 3 is 2.87 bits per heavy atom. The van der Waals surface area contributed by atoms with Gasteiger partial charge >= 0.3 is 0 Å².